The van der Waals surface area contributed by atoms with Crippen molar-refractivity contribution >= 4 is 72.3 Å². The van der Waals surface area contributed by atoms with Gasteiger partial charge >= 0.3 is 6.01 Å². The highest BCUT2D eigenvalue weighted by Crippen LogP contribution is 2.47. The predicted molar refractivity (Wildman–Crippen MR) is 186 cm³/mol. The lowest BCUT2D eigenvalue weighted by molar-refractivity contribution is -0.148. The molecule has 268 valence electrons. The summed E-state index contributed by atoms with van der Waals surface area (Å²) in [5.74, 6) is -2.01. The van der Waals surface area contributed by atoms with Crippen LogP contribution < -0.4 is 15.4 Å². The Kier molecular flexibility index (Phi) is 8.61. The number of likely N-dealkylation sites (tertiary alicyclic amines) is 1. The van der Waals surface area contributed by atoms with Crippen LogP contribution in [0.4, 0.5) is 28.4 Å². The van der Waals surface area contributed by atoms with Crippen LogP contribution in [-0.4, -0.2) is 102 Å². The van der Waals surface area contributed by atoms with Gasteiger partial charge in [-0.15, -0.1) is 11.3 Å². The minimum Gasteiger partial charge on any atom is -0.461 e. The van der Waals surface area contributed by atoms with E-state index in [-0.39, 0.29) is 92.4 Å². The van der Waals surface area contributed by atoms with Crippen LogP contribution in [-0.2, 0) is 9.53 Å². The summed E-state index contributed by atoms with van der Waals surface area (Å²) in [4.78, 5) is 26.8. The highest BCUT2D eigenvalue weighted by Gasteiger charge is 2.50. The van der Waals surface area contributed by atoms with Gasteiger partial charge in [-0.1, -0.05) is 29.3 Å². The van der Waals surface area contributed by atoms with E-state index in [1.165, 1.54) is 23.1 Å². The average Bonchev–Trinajstić information content (AvgIpc) is 3.66. The molecule has 0 radical (unpaired) electrons. The number of benzene rings is 2. The molecule has 17 heteroatoms. The number of nitrogen functional groups attached to an aromatic ring is 1. The monoisotopic (exact) mass is 763 g/mol. The van der Waals surface area contributed by atoms with Gasteiger partial charge in [-0.05, 0) is 37.1 Å². The molecule has 2 N–H and O–H groups in total. The van der Waals surface area contributed by atoms with Gasteiger partial charge < -0.3 is 25.0 Å². The van der Waals surface area contributed by atoms with Gasteiger partial charge in [-0.3, -0.25) is 9.69 Å². The Morgan fingerprint density at radius 2 is 2.06 bits per heavy atom. The fraction of sp³-hybridized carbons (Fsp3) is 0.471. The second-order valence-electron chi connectivity index (χ2n) is 13.9. The van der Waals surface area contributed by atoms with Crippen molar-refractivity contribution in [2.75, 3.05) is 69.7 Å². The summed E-state index contributed by atoms with van der Waals surface area (Å²) in [6.45, 7) is 2.72. The first kappa shape index (κ1) is 34.4. The maximum Gasteiger partial charge on any atom is 0.319 e. The quantitative estimate of drug-likeness (QED) is 0.185. The molecule has 0 saturated carbocycles. The van der Waals surface area contributed by atoms with Gasteiger partial charge in [0.2, 0.25) is 0 Å². The number of ether oxygens (including phenoxy) is 2. The van der Waals surface area contributed by atoms with Crippen LogP contribution in [0.25, 0.3) is 32.1 Å². The summed E-state index contributed by atoms with van der Waals surface area (Å²) in [5.41, 5.74) is 2.70. The molecule has 8 rings (SSSR count). The van der Waals surface area contributed by atoms with E-state index in [4.69, 9.17) is 43.4 Å². The van der Waals surface area contributed by atoms with Crippen molar-refractivity contribution in [3.8, 4) is 23.2 Å². The molecule has 4 aliphatic rings. The molecule has 3 atom stereocenters. The largest absolute Gasteiger partial charge is 0.461 e. The Balaban J connectivity index is 1.25. The molecule has 4 fully saturated rings. The molecule has 4 saturated heterocycles. The zero-order valence-electron chi connectivity index (χ0n) is 27.0. The third-order valence-electron chi connectivity index (χ3n) is 10.6. The number of nitriles is 1. The van der Waals surface area contributed by atoms with Crippen LogP contribution in [0.2, 0.25) is 5.02 Å². The molecular formula is C34H31Cl2F4N7O3S. The van der Waals surface area contributed by atoms with E-state index in [0.717, 1.165) is 30.7 Å². The number of hydrogen-bond donors (Lipinski definition) is 1. The minimum absolute atomic E-state index is 0.00621. The Morgan fingerprint density at radius 3 is 2.82 bits per heavy atom. The first-order chi connectivity index (χ1) is 24.4. The third kappa shape index (κ3) is 5.70. The topological polar surface area (TPSA) is 121 Å². The standard InChI is InChI=1S/C34H31Cl2F4N7O3S/c35-21-8-19-26(25(39)24(21)18-2-3-22(38)27-23(18)20(10-41)29(42)51-27)43-32(50-16-34-4-1-5-47(34)11-17(37)9-34)44-30(19)45-6-7-49-15-33(12-45)13-46(14-33)31(48)28(36)40/h2-3,8,17,28H,1,4-7,9,11-16,42H2/t17-,28?,34+/m1/s1. The number of aromatic nitrogens is 2. The highest BCUT2D eigenvalue weighted by atomic mass is 35.5. The lowest BCUT2D eigenvalue weighted by atomic mass is 9.80. The molecule has 0 bridgehead atoms. The molecule has 6 heterocycles. The summed E-state index contributed by atoms with van der Waals surface area (Å²) in [6.07, 6.45) is 0.935. The number of fused-ring (bicyclic) bond motifs is 3. The highest BCUT2D eigenvalue weighted by molar-refractivity contribution is 7.23. The van der Waals surface area contributed by atoms with Crippen LogP contribution in [0, 0.1) is 28.4 Å². The van der Waals surface area contributed by atoms with Crippen molar-refractivity contribution in [2.24, 2.45) is 5.41 Å². The van der Waals surface area contributed by atoms with Crippen LogP contribution in [0.3, 0.4) is 0 Å². The first-order valence-electron chi connectivity index (χ1n) is 16.4. The molecule has 1 amide bonds. The number of carbonyl (C=O) groups is 1. The zero-order valence-corrected chi connectivity index (χ0v) is 29.4. The third-order valence-corrected chi connectivity index (χ3v) is 12.1. The molecule has 51 heavy (non-hydrogen) atoms. The number of hydrogen-bond acceptors (Lipinski definition) is 10. The fourth-order valence-electron chi connectivity index (χ4n) is 8.29. The Labute approximate surface area is 303 Å². The second kappa shape index (κ2) is 12.8. The molecule has 4 aliphatic heterocycles. The van der Waals surface area contributed by atoms with Gasteiger partial charge in [0.1, 0.15) is 41.0 Å². The van der Waals surface area contributed by atoms with Gasteiger partial charge in [-0.25, -0.2) is 17.6 Å². The summed E-state index contributed by atoms with van der Waals surface area (Å²) in [6, 6.07) is 5.90. The molecule has 1 spiro atoms. The lowest BCUT2D eigenvalue weighted by Crippen LogP contribution is -2.64. The number of nitrogens with two attached hydrogens (primary N) is 1. The van der Waals surface area contributed by atoms with E-state index in [1.54, 1.807) is 0 Å². The molecule has 2 aromatic heterocycles. The average molecular weight is 765 g/mol. The van der Waals surface area contributed by atoms with Gasteiger partial charge in [0.25, 0.3) is 11.5 Å². The molecule has 1 unspecified atom stereocenters. The van der Waals surface area contributed by atoms with Gasteiger partial charge in [0, 0.05) is 60.9 Å². The Hall–Kier alpha value is -3.68. The van der Waals surface area contributed by atoms with E-state index in [1.807, 2.05) is 11.0 Å². The van der Waals surface area contributed by atoms with Crippen molar-refractivity contribution in [1.29, 1.82) is 5.26 Å². The second-order valence-corrected chi connectivity index (χ2v) is 15.7. The van der Waals surface area contributed by atoms with Crippen LogP contribution in [0.1, 0.15) is 24.8 Å². The van der Waals surface area contributed by atoms with Crippen molar-refractivity contribution < 1.29 is 31.8 Å². The lowest BCUT2D eigenvalue weighted by Gasteiger charge is -2.50. The number of halogens is 6. The van der Waals surface area contributed by atoms with Gasteiger partial charge in [0.15, 0.2) is 5.82 Å². The van der Waals surface area contributed by atoms with E-state index in [0.29, 0.717) is 26.1 Å². The SMILES string of the molecule is N#Cc1c(N)sc2c(F)ccc(-c3c(Cl)cc4c(N5CCOCC6(CN(C(=O)C(F)Cl)C6)C5)nc(OC[C@@]56CCCN5C[C@H](F)C6)nc4c3F)c12. The van der Waals surface area contributed by atoms with Crippen LogP contribution in [0.5, 0.6) is 6.01 Å². The number of carbonyl (C=O) groups excluding carboxylic acids is 1. The van der Waals surface area contributed by atoms with Crippen molar-refractivity contribution in [2.45, 2.75) is 36.6 Å². The number of nitrogens with zero attached hydrogens (tertiary/aromatic N) is 6. The van der Waals surface area contributed by atoms with E-state index < -0.39 is 40.3 Å². The van der Waals surface area contributed by atoms with Gasteiger partial charge in [0.05, 0.1) is 34.0 Å². The zero-order chi connectivity index (χ0) is 35.8. The smallest absolute Gasteiger partial charge is 0.319 e. The number of anilines is 2. The van der Waals surface area contributed by atoms with Crippen LogP contribution >= 0.6 is 34.5 Å². The number of alkyl halides is 3. The molecular weight excluding hydrogens is 733 g/mol. The first-order valence-corrected chi connectivity index (χ1v) is 18.1. The van der Waals surface area contributed by atoms with Crippen molar-refractivity contribution in [3.05, 3.63) is 40.4 Å². The normalized spacial score (nSPS) is 23.7. The maximum absolute atomic E-state index is 17.1. The number of rotatable bonds is 6. The molecule has 10 nitrogen and oxygen atoms in total. The van der Waals surface area contributed by atoms with E-state index in [2.05, 4.69) is 9.88 Å². The summed E-state index contributed by atoms with van der Waals surface area (Å²) in [5, 5.41) is 10.3. The summed E-state index contributed by atoms with van der Waals surface area (Å²) in [7, 11) is 0. The Bertz CT molecular complexity index is 2130. The number of thiophene rings is 1. The van der Waals surface area contributed by atoms with E-state index in [9.17, 15) is 23.2 Å². The summed E-state index contributed by atoms with van der Waals surface area (Å²) < 4.78 is 72.5. The minimum atomic E-state index is -2.16. The van der Waals surface area contributed by atoms with Crippen molar-refractivity contribution in [3.63, 3.8) is 0 Å². The molecule has 2 aromatic carbocycles. The number of amides is 1. The Morgan fingerprint density at radius 1 is 1.25 bits per heavy atom. The predicted octanol–water partition coefficient (Wildman–Crippen LogP) is 6.05. The van der Waals surface area contributed by atoms with Crippen molar-refractivity contribution in [1.82, 2.24) is 19.8 Å². The fourth-order valence-corrected chi connectivity index (χ4v) is 9.67. The summed E-state index contributed by atoms with van der Waals surface area (Å²) >= 11 is 13.2. The van der Waals surface area contributed by atoms with E-state index >= 15 is 4.39 Å². The van der Waals surface area contributed by atoms with Gasteiger partial charge in [-0.2, -0.15) is 15.2 Å². The molecule has 4 aromatic rings. The van der Waals surface area contributed by atoms with Crippen LogP contribution in [0.15, 0.2) is 18.2 Å². The maximum atomic E-state index is 17.1. The molecule has 0 aliphatic carbocycles.